The van der Waals surface area contributed by atoms with E-state index >= 15 is 0 Å². The van der Waals surface area contributed by atoms with E-state index in [0.717, 1.165) is 6.61 Å². The van der Waals surface area contributed by atoms with E-state index in [-0.39, 0.29) is 0 Å². The van der Waals surface area contributed by atoms with Crippen molar-refractivity contribution in [3.63, 3.8) is 0 Å². The van der Waals surface area contributed by atoms with Crippen LogP contribution in [0.5, 0.6) is 0 Å². The lowest BCUT2D eigenvalue weighted by atomic mass is 9.92. The fourth-order valence-electron chi connectivity index (χ4n) is 2.53. The van der Waals surface area contributed by atoms with Gasteiger partial charge in [-0.25, -0.2) is 0 Å². The first-order valence-electron chi connectivity index (χ1n) is 6.53. The Balaban J connectivity index is 2.04. The summed E-state index contributed by atoms with van der Waals surface area (Å²) in [6.07, 6.45) is 3.83. The molecule has 0 amide bonds. The molecule has 2 unspecified atom stereocenters. The number of hydrogen-bond acceptors (Lipinski definition) is 3. The molecule has 0 fully saturated rings. The highest BCUT2D eigenvalue weighted by molar-refractivity contribution is 7.10. The molecule has 0 spiro atoms. The van der Waals surface area contributed by atoms with Crippen LogP contribution in [0.3, 0.4) is 0 Å². The minimum Gasteiger partial charge on any atom is -0.383 e. The van der Waals surface area contributed by atoms with Crippen LogP contribution in [-0.4, -0.2) is 19.8 Å². The van der Waals surface area contributed by atoms with Gasteiger partial charge in [-0.2, -0.15) is 0 Å². The highest BCUT2D eigenvalue weighted by Gasteiger charge is 2.24. The monoisotopic (exact) mass is 253 g/mol. The van der Waals surface area contributed by atoms with E-state index in [2.05, 4.69) is 30.6 Å². The second-order valence-electron chi connectivity index (χ2n) is 5.22. The van der Waals surface area contributed by atoms with Gasteiger partial charge in [-0.15, -0.1) is 11.3 Å². The Labute approximate surface area is 108 Å². The largest absolute Gasteiger partial charge is 0.383 e. The van der Waals surface area contributed by atoms with Crippen molar-refractivity contribution in [1.82, 2.24) is 5.32 Å². The van der Waals surface area contributed by atoms with Crippen LogP contribution in [0.15, 0.2) is 11.4 Å². The number of aryl methyl sites for hydroxylation is 1. The molecule has 96 valence electrons. The molecule has 3 heteroatoms. The number of hydrogen-bond donors (Lipinski definition) is 1. The molecule has 0 bridgehead atoms. The standard InChI is InChI=1S/C14H23NOS/c1-10(2)13(9-16-3)15-12-5-4-6-14-11(12)7-8-17-14/h7-8,10,12-13,15H,4-6,9H2,1-3H3. The molecule has 1 aromatic heterocycles. The van der Waals surface area contributed by atoms with Crippen molar-refractivity contribution in [1.29, 1.82) is 0 Å². The maximum absolute atomic E-state index is 5.32. The van der Waals surface area contributed by atoms with Crippen molar-refractivity contribution < 1.29 is 4.74 Å². The highest BCUT2D eigenvalue weighted by Crippen LogP contribution is 2.33. The van der Waals surface area contributed by atoms with E-state index in [1.165, 1.54) is 24.8 Å². The molecular weight excluding hydrogens is 230 g/mol. The zero-order valence-corrected chi connectivity index (χ0v) is 11.8. The Kier molecular flexibility index (Phi) is 4.60. The molecule has 2 rings (SSSR count). The SMILES string of the molecule is COCC(NC1CCCc2sccc21)C(C)C. The number of fused-ring (bicyclic) bond motifs is 1. The van der Waals surface area contributed by atoms with E-state index in [4.69, 9.17) is 4.74 Å². The van der Waals surface area contributed by atoms with E-state index < -0.39 is 0 Å². The molecule has 0 aliphatic heterocycles. The molecular formula is C14H23NOS. The Hall–Kier alpha value is -0.380. The van der Waals surface area contributed by atoms with Crippen molar-refractivity contribution in [2.75, 3.05) is 13.7 Å². The van der Waals surface area contributed by atoms with Gasteiger partial charge in [0, 0.05) is 24.1 Å². The second-order valence-corrected chi connectivity index (χ2v) is 6.22. The predicted molar refractivity (Wildman–Crippen MR) is 73.6 cm³/mol. The Morgan fingerprint density at radius 2 is 2.35 bits per heavy atom. The molecule has 1 N–H and O–H groups in total. The van der Waals surface area contributed by atoms with E-state index in [1.807, 2.05) is 11.3 Å². The highest BCUT2D eigenvalue weighted by atomic mass is 32.1. The summed E-state index contributed by atoms with van der Waals surface area (Å²) in [6, 6.07) is 3.28. The Morgan fingerprint density at radius 1 is 1.53 bits per heavy atom. The van der Waals surface area contributed by atoms with Crippen LogP contribution in [0.4, 0.5) is 0 Å². The molecule has 0 saturated carbocycles. The smallest absolute Gasteiger partial charge is 0.0618 e. The van der Waals surface area contributed by atoms with Gasteiger partial charge in [0.1, 0.15) is 0 Å². The minimum absolute atomic E-state index is 0.454. The number of thiophene rings is 1. The lowest BCUT2D eigenvalue weighted by Crippen LogP contribution is -2.40. The normalized spacial score (nSPS) is 21.5. The van der Waals surface area contributed by atoms with Crippen molar-refractivity contribution in [3.8, 4) is 0 Å². The van der Waals surface area contributed by atoms with Gasteiger partial charge in [-0.1, -0.05) is 13.8 Å². The molecule has 0 aromatic carbocycles. The van der Waals surface area contributed by atoms with Gasteiger partial charge in [0.25, 0.3) is 0 Å². The zero-order valence-electron chi connectivity index (χ0n) is 11.0. The van der Waals surface area contributed by atoms with Gasteiger partial charge in [0.2, 0.25) is 0 Å². The number of ether oxygens (including phenoxy) is 1. The van der Waals surface area contributed by atoms with Crippen LogP contribution in [0.1, 0.15) is 43.2 Å². The van der Waals surface area contributed by atoms with Crippen LogP contribution in [0.25, 0.3) is 0 Å². The van der Waals surface area contributed by atoms with Crippen LogP contribution in [0, 0.1) is 5.92 Å². The number of nitrogens with one attached hydrogen (secondary N) is 1. The molecule has 0 saturated heterocycles. The van der Waals surface area contributed by atoms with Crippen LogP contribution >= 0.6 is 11.3 Å². The Bertz CT molecular complexity index is 348. The maximum atomic E-state index is 5.32. The maximum Gasteiger partial charge on any atom is 0.0618 e. The molecule has 2 atom stereocenters. The van der Waals surface area contributed by atoms with Crippen LogP contribution in [0.2, 0.25) is 0 Å². The van der Waals surface area contributed by atoms with E-state index in [9.17, 15) is 0 Å². The van der Waals surface area contributed by atoms with E-state index in [0.29, 0.717) is 18.0 Å². The third-order valence-corrected chi connectivity index (χ3v) is 4.61. The van der Waals surface area contributed by atoms with Gasteiger partial charge >= 0.3 is 0 Å². The third kappa shape index (κ3) is 3.09. The average Bonchev–Trinajstić information content (AvgIpc) is 2.77. The second kappa shape index (κ2) is 5.98. The first-order valence-corrected chi connectivity index (χ1v) is 7.41. The minimum atomic E-state index is 0.454. The van der Waals surface area contributed by atoms with Gasteiger partial charge in [0.05, 0.1) is 6.61 Å². The van der Waals surface area contributed by atoms with Crippen molar-refractivity contribution in [3.05, 3.63) is 21.9 Å². The molecule has 0 radical (unpaired) electrons. The van der Waals surface area contributed by atoms with Gasteiger partial charge < -0.3 is 10.1 Å². The fourth-order valence-corrected chi connectivity index (χ4v) is 3.52. The van der Waals surface area contributed by atoms with E-state index in [1.54, 1.807) is 12.0 Å². The summed E-state index contributed by atoms with van der Waals surface area (Å²) in [5.74, 6) is 0.610. The molecule has 1 aromatic rings. The first kappa shape index (κ1) is 13.1. The summed E-state index contributed by atoms with van der Waals surface area (Å²) in [7, 11) is 1.79. The molecule has 1 aliphatic carbocycles. The summed E-state index contributed by atoms with van der Waals surface area (Å²) in [5.41, 5.74) is 1.53. The quantitative estimate of drug-likeness (QED) is 0.868. The Morgan fingerprint density at radius 3 is 3.06 bits per heavy atom. The number of rotatable bonds is 5. The third-order valence-electron chi connectivity index (χ3n) is 3.62. The van der Waals surface area contributed by atoms with Crippen molar-refractivity contribution in [2.45, 2.75) is 45.2 Å². The molecule has 17 heavy (non-hydrogen) atoms. The van der Waals surface area contributed by atoms with Crippen molar-refractivity contribution in [2.24, 2.45) is 5.92 Å². The zero-order chi connectivity index (χ0) is 12.3. The van der Waals surface area contributed by atoms with Crippen LogP contribution in [-0.2, 0) is 11.2 Å². The molecule has 1 aliphatic rings. The summed E-state index contributed by atoms with van der Waals surface area (Å²) in [4.78, 5) is 1.58. The molecule has 1 heterocycles. The summed E-state index contributed by atoms with van der Waals surface area (Å²) in [6.45, 7) is 5.32. The first-order chi connectivity index (χ1) is 8.22. The fraction of sp³-hybridized carbons (Fsp3) is 0.714. The topological polar surface area (TPSA) is 21.3 Å². The van der Waals surface area contributed by atoms with Gasteiger partial charge in [-0.05, 0) is 42.2 Å². The summed E-state index contributed by atoms with van der Waals surface area (Å²) < 4.78 is 5.32. The lowest BCUT2D eigenvalue weighted by molar-refractivity contribution is 0.138. The molecule has 2 nitrogen and oxygen atoms in total. The lowest BCUT2D eigenvalue weighted by Gasteiger charge is -2.30. The average molecular weight is 253 g/mol. The summed E-state index contributed by atoms with van der Waals surface area (Å²) in [5, 5.41) is 6.01. The predicted octanol–water partition coefficient (Wildman–Crippen LogP) is 3.39. The van der Waals surface area contributed by atoms with Gasteiger partial charge in [-0.3, -0.25) is 0 Å². The van der Waals surface area contributed by atoms with Crippen molar-refractivity contribution >= 4 is 11.3 Å². The number of methoxy groups -OCH3 is 1. The van der Waals surface area contributed by atoms with Gasteiger partial charge in [0.15, 0.2) is 0 Å². The summed E-state index contributed by atoms with van der Waals surface area (Å²) >= 11 is 1.91. The van der Waals surface area contributed by atoms with Crippen LogP contribution < -0.4 is 5.32 Å².